The molecule has 0 bridgehead atoms. The Morgan fingerprint density at radius 3 is 2.81 bits per heavy atom. The molecule has 7 nitrogen and oxygen atoms in total. The van der Waals surface area contributed by atoms with Crippen LogP contribution in [0.1, 0.15) is 43.1 Å². The van der Waals surface area contributed by atoms with E-state index in [-0.39, 0.29) is 23.1 Å². The van der Waals surface area contributed by atoms with E-state index in [1.165, 1.54) is 16.8 Å². The molecule has 2 aromatic rings. The molecule has 1 N–H and O–H groups in total. The molecule has 1 aromatic heterocycles. The summed E-state index contributed by atoms with van der Waals surface area (Å²) in [5.41, 5.74) is 1.32. The van der Waals surface area contributed by atoms with Crippen LogP contribution in [0, 0.1) is 0 Å². The van der Waals surface area contributed by atoms with Gasteiger partial charge in [-0.15, -0.1) is 0 Å². The number of carbonyl (C=O) groups excluding carboxylic acids is 2. The fraction of sp³-hybridized carbons (Fsp3) is 0.368. The molecule has 0 spiro atoms. The van der Waals surface area contributed by atoms with Crippen molar-refractivity contribution >= 4 is 23.2 Å². The zero-order chi connectivity index (χ0) is 18.5. The summed E-state index contributed by atoms with van der Waals surface area (Å²) < 4.78 is 1.32. The number of unbranched alkanes of at least 4 members (excludes halogenated alkanes) is 1. The average molecular weight is 354 g/mol. The van der Waals surface area contributed by atoms with Gasteiger partial charge in [-0.05, 0) is 37.1 Å². The van der Waals surface area contributed by atoms with Gasteiger partial charge < -0.3 is 10.2 Å². The number of amides is 2. The molecule has 1 fully saturated rings. The summed E-state index contributed by atoms with van der Waals surface area (Å²) in [5, 5.41) is 6.93. The van der Waals surface area contributed by atoms with Crippen LogP contribution in [0.5, 0.6) is 0 Å². The van der Waals surface area contributed by atoms with Gasteiger partial charge in [0.15, 0.2) is 0 Å². The highest BCUT2D eigenvalue weighted by Crippen LogP contribution is 2.24. The highest BCUT2D eigenvalue weighted by atomic mass is 16.2. The van der Waals surface area contributed by atoms with Crippen LogP contribution in [0.4, 0.5) is 11.4 Å². The fourth-order valence-electron chi connectivity index (χ4n) is 2.91. The number of nitrogens with one attached hydrogen (secondary N) is 1. The lowest BCUT2D eigenvalue weighted by Gasteiger charge is -2.16. The Balaban J connectivity index is 1.76. The predicted molar refractivity (Wildman–Crippen MR) is 99.4 cm³/mol. The van der Waals surface area contributed by atoms with Crippen molar-refractivity contribution < 1.29 is 9.59 Å². The largest absolute Gasteiger partial charge is 0.321 e. The summed E-state index contributed by atoms with van der Waals surface area (Å²) >= 11 is 0. The minimum Gasteiger partial charge on any atom is -0.321 e. The van der Waals surface area contributed by atoms with E-state index < -0.39 is 0 Å². The summed E-state index contributed by atoms with van der Waals surface area (Å²) in [5.74, 6) is -0.293. The predicted octanol–water partition coefficient (Wildman–Crippen LogP) is 2.42. The maximum atomic E-state index is 12.5. The van der Waals surface area contributed by atoms with Crippen LogP contribution >= 0.6 is 0 Å². The van der Waals surface area contributed by atoms with Crippen LogP contribution in [-0.2, 0) is 11.3 Å². The Bertz CT molecular complexity index is 875. The van der Waals surface area contributed by atoms with Crippen molar-refractivity contribution in [3.8, 4) is 0 Å². The lowest BCUT2D eigenvalue weighted by molar-refractivity contribution is -0.117. The van der Waals surface area contributed by atoms with E-state index in [4.69, 9.17) is 0 Å². The maximum absolute atomic E-state index is 12.5. The zero-order valence-corrected chi connectivity index (χ0v) is 14.8. The zero-order valence-electron chi connectivity index (χ0n) is 14.8. The van der Waals surface area contributed by atoms with Crippen molar-refractivity contribution in [1.82, 2.24) is 9.78 Å². The van der Waals surface area contributed by atoms with Crippen molar-refractivity contribution in [3.05, 3.63) is 52.4 Å². The Kier molecular flexibility index (Phi) is 5.46. The first-order valence-corrected chi connectivity index (χ1v) is 8.88. The Morgan fingerprint density at radius 2 is 2.08 bits per heavy atom. The number of rotatable bonds is 6. The summed E-state index contributed by atoms with van der Waals surface area (Å²) in [6.07, 6.45) is 3.16. The van der Waals surface area contributed by atoms with E-state index in [0.29, 0.717) is 25.2 Å². The number of hydrogen-bond donors (Lipinski definition) is 1. The van der Waals surface area contributed by atoms with Crippen LogP contribution in [-0.4, -0.2) is 28.1 Å². The van der Waals surface area contributed by atoms with Crippen molar-refractivity contribution in [3.63, 3.8) is 0 Å². The first kappa shape index (κ1) is 17.8. The molecule has 0 radical (unpaired) electrons. The van der Waals surface area contributed by atoms with E-state index in [9.17, 15) is 14.4 Å². The molecule has 136 valence electrons. The molecule has 1 aromatic carbocycles. The summed E-state index contributed by atoms with van der Waals surface area (Å²) in [6.45, 7) is 3.21. The fourth-order valence-corrected chi connectivity index (χ4v) is 2.91. The Hall–Kier alpha value is -2.96. The molecule has 2 amide bonds. The van der Waals surface area contributed by atoms with Gasteiger partial charge in [-0.3, -0.25) is 14.4 Å². The van der Waals surface area contributed by atoms with E-state index in [0.717, 1.165) is 24.9 Å². The smallest absolute Gasteiger partial charge is 0.276 e. The number of hydrogen-bond acceptors (Lipinski definition) is 4. The number of aromatic nitrogens is 2. The molecule has 0 saturated carbocycles. The van der Waals surface area contributed by atoms with Crippen molar-refractivity contribution in [2.75, 3.05) is 16.8 Å². The van der Waals surface area contributed by atoms with Gasteiger partial charge >= 0.3 is 0 Å². The van der Waals surface area contributed by atoms with Gasteiger partial charge in [-0.2, -0.15) is 5.10 Å². The number of nitrogens with zero attached hydrogens (tertiary/aromatic N) is 3. The van der Waals surface area contributed by atoms with Gasteiger partial charge in [0, 0.05) is 37.0 Å². The van der Waals surface area contributed by atoms with Crippen LogP contribution in [0.3, 0.4) is 0 Å². The SMILES string of the molecule is CCCCn1nc(C(=O)Nc2cccc(N3CCCC3=O)c2)ccc1=O. The molecule has 7 heteroatoms. The van der Waals surface area contributed by atoms with Gasteiger partial charge in [0.05, 0.1) is 0 Å². The molecule has 0 atom stereocenters. The van der Waals surface area contributed by atoms with Crippen molar-refractivity contribution in [2.45, 2.75) is 39.2 Å². The van der Waals surface area contributed by atoms with Gasteiger partial charge in [0.2, 0.25) is 5.91 Å². The van der Waals surface area contributed by atoms with Gasteiger partial charge in [-0.25, -0.2) is 4.68 Å². The summed E-state index contributed by atoms with van der Waals surface area (Å²) in [4.78, 5) is 37.9. The molecule has 1 saturated heterocycles. The normalized spacial score (nSPS) is 13.9. The summed E-state index contributed by atoms with van der Waals surface area (Å²) in [6, 6.07) is 9.96. The second kappa shape index (κ2) is 7.95. The number of carbonyl (C=O) groups is 2. The Labute approximate surface area is 151 Å². The van der Waals surface area contributed by atoms with Gasteiger partial charge in [0.1, 0.15) is 5.69 Å². The molecule has 0 aliphatic carbocycles. The van der Waals surface area contributed by atoms with Crippen LogP contribution in [0.15, 0.2) is 41.2 Å². The third-order valence-corrected chi connectivity index (χ3v) is 4.31. The van der Waals surface area contributed by atoms with E-state index in [1.54, 1.807) is 23.1 Å². The molecular weight excluding hydrogens is 332 g/mol. The second-order valence-electron chi connectivity index (χ2n) is 6.29. The molecule has 26 heavy (non-hydrogen) atoms. The first-order chi connectivity index (χ1) is 12.6. The summed E-state index contributed by atoms with van der Waals surface area (Å²) in [7, 11) is 0. The minimum absolute atomic E-state index is 0.0955. The maximum Gasteiger partial charge on any atom is 0.276 e. The molecule has 3 rings (SSSR count). The average Bonchev–Trinajstić information content (AvgIpc) is 3.07. The topological polar surface area (TPSA) is 84.3 Å². The van der Waals surface area contributed by atoms with Gasteiger partial charge in [-0.1, -0.05) is 19.4 Å². The monoisotopic (exact) mass is 354 g/mol. The van der Waals surface area contributed by atoms with Crippen molar-refractivity contribution in [1.29, 1.82) is 0 Å². The quantitative estimate of drug-likeness (QED) is 0.863. The standard InChI is InChI=1S/C19H22N4O3/c1-2-3-12-23-18(25)10-9-16(21-23)19(26)20-14-6-4-7-15(13-14)22-11-5-8-17(22)24/h4,6-7,9-10,13H,2-3,5,8,11-12H2,1H3,(H,20,26). The molecule has 2 heterocycles. The van der Waals surface area contributed by atoms with E-state index >= 15 is 0 Å². The second-order valence-corrected chi connectivity index (χ2v) is 6.29. The number of benzene rings is 1. The molecule has 0 unspecified atom stereocenters. The van der Waals surface area contributed by atoms with Crippen LogP contribution in [0.2, 0.25) is 0 Å². The lowest BCUT2D eigenvalue weighted by Crippen LogP contribution is -2.26. The van der Waals surface area contributed by atoms with E-state index in [2.05, 4.69) is 10.4 Å². The van der Waals surface area contributed by atoms with Crippen LogP contribution < -0.4 is 15.8 Å². The lowest BCUT2D eigenvalue weighted by atomic mass is 10.2. The Morgan fingerprint density at radius 1 is 1.23 bits per heavy atom. The highest BCUT2D eigenvalue weighted by Gasteiger charge is 2.22. The highest BCUT2D eigenvalue weighted by molar-refractivity contribution is 6.03. The first-order valence-electron chi connectivity index (χ1n) is 8.88. The van der Waals surface area contributed by atoms with Gasteiger partial charge in [0.25, 0.3) is 11.5 Å². The van der Waals surface area contributed by atoms with Crippen molar-refractivity contribution in [2.24, 2.45) is 0 Å². The molecule has 1 aliphatic rings. The third kappa shape index (κ3) is 3.99. The minimum atomic E-state index is -0.389. The molecule has 1 aliphatic heterocycles. The van der Waals surface area contributed by atoms with E-state index in [1.807, 2.05) is 13.0 Å². The number of anilines is 2. The third-order valence-electron chi connectivity index (χ3n) is 4.31. The van der Waals surface area contributed by atoms with Crippen LogP contribution in [0.25, 0.3) is 0 Å². The number of aryl methyl sites for hydroxylation is 1. The molecular formula is C19H22N4O3.